The molecule has 2 saturated heterocycles. The van der Waals surface area contributed by atoms with Crippen LogP contribution in [0.3, 0.4) is 0 Å². The fourth-order valence-electron chi connectivity index (χ4n) is 4.95. The Bertz CT molecular complexity index is 1080. The highest BCUT2D eigenvalue weighted by Crippen LogP contribution is 2.49. The average molecular weight is 419 g/mol. The summed E-state index contributed by atoms with van der Waals surface area (Å²) in [6, 6.07) is 7.44. The monoisotopic (exact) mass is 419 g/mol. The van der Waals surface area contributed by atoms with Crippen molar-refractivity contribution in [2.45, 2.75) is 25.3 Å². The Kier molecular flexibility index (Phi) is 4.84. The highest BCUT2D eigenvalue weighted by molar-refractivity contribution is 5.88. The zero-order chi connectivity index (χ0) is 21.4. The van der Waals surface area contributed by atoms with E-state index in [4.69, 9.17) is 4.42 Å². The fourth-order valence-corrected chi connectivity index (χ4v) is 4.95. The SMILES string of the molecule is Cn1cnc(C2CN(C(=O)Cc3ccco3)CC23CCN(Cc2cccnc2)C3=O)c1. The quantitative estimate of drug-likeness (QED) is 0.632. The van der Waals surface area contributed by atoms with Gasteiger partial charge in [-0.3, -0.25) is 14.6 Å². The van der Waals surface area contributed by atoms with Crippen LogP contribution < -0.4 is 0 Å². The van der Waals surface area contributed by atoms with Gasteiger partial charge in [0.05, 0.1) is 30.1 Å². The highest BCUT2D eigenvalue weighted by atomic mass is 16.3. The van der Waals surface area contributed by atoms with E-state index in [2.05, 4.69) is 9.97 Å². The van der Waals surface area contributed by atoms with Crippen LogP contribution in [0.15, 0.2) is 59.9 Å². The molecule has 2 fully saturated rings. The van der Waals surface area contributed by atoms with Crippen LogP contribution in [0.5, 0.6) is 0 Å². The number of hydrogen-bond donors (Lipinski definition) is 0. The molecule has 8 nitrogen and oxygen atoms in total. The maximum absolute atomic E-state index is 13.7. The number of carbonyl (C=O) groups excluding carboxylic acids is 2. The van der Waals surface area contributed by atoms with E-state index in [1.807, 2.05) is 39.7 Å². The lowest BCUT2D eigenvalue weighted by Crippen LogP contribution is -2.40. The van der Waals surface area contributed by atoms with E-state index in [9.17, 15) is 9.59 Å². The van der Waals surface area contributed by atoms with Crippen molar-refractivity contribution in [3.63, 3.8) is 0 Å². The summed E-state index contributed by atoms with van der Waals surface area (Å²) in [5, 5.41) is 0. The minimum absolute atomic E-state index is 0.0220. The summed E-state index contributed by atoms with van der Waals surface area (Å²) in [7, 11) is 1.92. The first-order chi connectivity index (χ1) is 15.0. The van der Waals surface area contributed by atoms with E-state index in [0.717, 1.165) is 11.3 Å². The second-order valence-electron chi connectivity index (χ2n) is 8.54. The molecule has 160 valence electrons. The van der Waals surface area contributed by atoms with Gasteiger partial charge in [0.2, 0.25) is 11.8 Å². The molecule has 0 bridgehead atoms. The normalized spacial score (nSPS) is 23.3. The molecule has 2 atom stereocenters. The Morgan fingerprint density at radius 2 is 2.23 bits per heavy atom. The maximum Gasteiger partial charge on any atom is 0.231 e. The number of hydrogen-bond acceptors (Lipinski definition) is 5. The van der Waals surface area contributed by atoms with Gasteiger partial charge in [-0.05, 0) is 30.2 Å². The number of likely N-dealkylation sites (tertiary alicyclic amines) is 2. The Labute approximate surface area is 180 Å². The summed E-state index contributed by atoms with van der Waals surface area (Å²) in [5.74, 6) is 0.587. The minimum atomic E-state index is -0.643. The molecule has 31 heavy (non-hydrogen) atoms. The van der Waals surface area contributed by atoms with Gasteiger partial charge in [-0.2, -0.15) is 0 Å². The van der Waals surface area contributed by atoms with Crippen molar-refractivity contribution in [3.8, 4) is 0 Å². The van der Waals surface area contributed by atoms with Gasteiger partial charge in [0.1, 0.15) is 5.76 Å². The second kappa shape index (κ2) is 7.68. The fraction of sp³-hybridized carbons (Fsp3) is 0.391. The maximum atomic E-state index is 13.7. The molecule has 0 radical (unpaired) electrons. The van der Waals surface area contributed by atoms with Gasteiger partial charge in [0.25, 0.3) is 0 Å². The van der Waals surface area contributed by atoms with E-state index >= 15 is 0 Å². The first-order valence-electron chi connectivity index (χ1n) is 10.5. The molecule has 3 aromatic heterocycles. The summed E-state index contributed by atoms with van der Waals surface area (Å²) < 4.78 is 7.25. The predicted molar refractivity (Wildman–Crippen MR) is 112 cm³/mol. The molecule has 2 aliphatic rings. The number of nitrogens with zero attached hydrogens (tertiary/aromatic N) is 5. The van der Waals surface area contributed by atoms with Gasteiger partial charge in [0.15, 0.2) is 0 Å². The lowest BCUT2D eigenvalue weighted by atomic mass is 9.75. The topological polar surface area (TPSA) is 84.5 Å². The molecule has 2 aliphatic heterocycles. The molecule has 2 amide bonds. The summed E-state index contributed by atoms with van der Waals surface area (Å²) in [4.78, 5) is 39.2. The zero-order valence-corrected chi connectivity index (χ0v) is 17.5. The van der Waals surface area contributed by atoms with Crippen LogP contribution >= 0.6 is 0 Å². The molecule has 5 heterocycles. The molecule has 8 heteroatoms. The van der Waals surface area contributed by atoms with Gasteiger partial charge < -0.3 is 18.8 Å². The molecule has 3 aromatic rings. The van der Waals surface area contributed by atoms with Crippen molar-refractivity contribution in [2.24, 2.45) is 12.5 Å². The van der Waals surface area contributed by atoms with Crippen LogP contribution in [0.1, 0.15) is 29.4 Å². The lowest BCUT2D eigenvalue weighted by Gasteiger charge is -2.27. The van der Waals surface area contributed by atoms with E-state index in [-0.39, 0.29) is 24.2 Å². The van der Waals surface area contributed by atoms with Gasteiger partial charge in [-0.25, -0.2) is 4.98 Å². The number of rotatable bonds is 5. The molecular formula is C23H25N5O3. The van der Waals surface area contributed by atoms with Crippen molar-refractivity contribution in [2.75, 3.05) is 19.6 Å². The number of aryl methyl sites for hydroxylation is 1. The van der Waals surface area contributed by atoms with Crippen LogP contribution in [0.4, 0.5) is 0 Å². The third kappa shape index (κ3) is 3.52. The number of imidazole rings is 1. The first-order valence-corrected chi connectivity index (χ1v) is 10.5. The van der Waals surface area contributed by atoms with Crippen LogP contribution in [0.25, 0.3) is 0 Å². The number of carbonyl (C=O) groups is 2. The van der Waals surface area contributed by atoms with E-state index < -0.39 is 5.41 Å². The molecule has 5 rings (SSSR count). The third-order valence-corrected chi connectivity index (χ3v) is 6.52. The number of pyridine rings is 1. The van der Waals surface area contributed by atoms with Crippen LogP contribution in [-0.4, -0.2) is 55.8 Å². The van der Waals surface area contributed by atoms with Crippen LogP contribution in [0, 0.1) is 5.41 Å². The molecule has 0 saturated carbocycles. The Balaban J connectivity index is 1.41. The molecule has 0 aromatic carbocycles. The van der Waals surface area contributed by atoms with Gasteiger partial charge >= 0.3 is 0 Å². The Morgan fingerprint density at radius 1 is 1.32 bits per heavy atom. The highest BCUT2D eigenvalue weighted by Gasteiger charge is 2.58. The van der Waals surface area contributed by atoms with E-state index in [1.165, 1.54) is 0 Å². The molecular weight excluding hydrogens is 394 g/mol. The molecule has 1 spiro atoms. The smallest absolute Gasteiger partial charge is 0.231 e. The minimum Gasteiger partial charge on any atom is -0.469 e. The Morgan fingerprint density at radius 3 is 2.94 bits per heavy atom. The third-order valence-electron chi connectivity index (χ3n) is 6.52. The predicted octanol–water partition coefficient (Wildman–Crippen LogP) is 2.00. The van der Waals surface area contributed by atoms with E-state index in [0.29, 0.717) is 38.4 Å². The first kappa shape index (κ1) is 19.5. The lowest BCUT2D eigenvalue weighted by molar-refractivity contribution is -0.137. The van der Waals surface area contributed by atoms with E-state index in [1.54, 1.807) is 37.1 Å². The van der Waals surface area contributed by atoms with Gasteiger partial charge in [-0.1, -0.05) is 6.07 Å². The van der Waals surface area contributed by atoms with Gasteiger partial charge in [0, 0.05) is 57.7 Å². The molecule has 0 aliphatic carbocycles. The average Bonchev–Trinajstić information content (AvgIpc) is 3.55. The van der Waals surface area contributed by atoms with Crippen molar-refractivity contribution in [1.29, 1.82) is 0 Å². The second-order valence-corrected chi connectivity index (χ2v) is 8.54. The number of amides is 2. The summed E-state index contributed by atoms with van der Waals surface area (Å²) in [6.07, 6.45) is 9.72. The zero-order valence-electron chi connectivity index (χ0n) is 17.5. The van der Waals surface area contributed by atoms with Crippen molar-refractivity contribution >= 4 is 11.8 Å². The summed E-state index contributed by atoms with van der Waals surface area (Å²) in [5.41, 5.74) is 1.23. The van der Waals surface area contributed by atoms with Crippen LogP contribution in [-0.2, 0) is 29.6 Å². The number of aromatic nitrogens is 3. The standard InChI is InChI=1S/C23H25N5O3/c1-26-14-20(25-16-26)19-13-28(21(29)10-18-5-3-9-31-18)15-23(19)6-8-27(22(23)30)12-17-4-2-7-24-11-17/h2-5,7,9,11,14,16,19H,6,8,10,12-13,15H2,1H3. The largest absolute Gasteiger partial charge is 0.469 e. The number of furan rings is 1. The molecule has 2 unspecified atom stereocenters. The van der Waals surface area contributed by atoms with Gasteiger partial charge in [-0.15, -0.1) is 0 Å². The van der Waals surface area contributed by atoms with Crippen molar-refractivity contribution in [1.82, 2.24) is 24.3 Å². The Hall–Kier alpha value is -3.42. The summed E-state index contributed by atoms with van der Waals surface area (Å²) in [6.45, 7) is 2.10. The van der Waals surface area contributed by atoms with Crippen molar-refractivity contribution < 1.29 is 14.0 Å². The van der Waals surface area contributed by atoms with Crippen molar-refractivity contribution in [3.05, 3.63) is 72.5 Å². The molecule has 0 N–H and O–H groups in total. The van der Waals surface area contributed by atoms with Crippen LogP contribution in [0.2, 0.25) is 0 Å². The summed E-state index contributed by atoms with van der Waals surface area (Å²) >= 11 is 0.